The molecule has 0 aliphatic carbocycles. The van der Waals surface area contributed by atoms with Crippen LogP contribution in [0.1, 0.15) is 335 Å². The van der Waals surface area contributed by atoms with E-state index in [4.69, 9.17) is 18.9 Å². The van der Waals surface area contributed by atoms with Gasteiger partial charge in [-0.3, -0.25) is 9.59 Å². The van der Waals surface area contributed by atoms with Crippen LogP contribution in [0.5, 0.6) is 0 Å². The summed E-state index contributed by atoms with van der Waals surface area (Å²) in [4.78, 5) is 37.6. The molecule has 9 nitrogen and oxygen atoms in total. The van der Waals surface area contributed by atoms with E-state index in [1.807, 2.05) is 21.1 Å². The number of allylic oxidation sites excluding steroid dienone is 20. The van der Waals surface area contributed by atoms with Crippen LogP contribution in [-0.4, -0.2) is 82.3 Å². The summed E-state index contributed by atoms with van der Waals surface area (Å²) >= 11 is 0. The first-order valence-electron chi connectivity index (χ1n) is 38.7. The van der Waals surface area contributed by atoms with Crippen LogP contribution in [0.2, 0.25) is 0 Å². The Kier molecular flexibility index (Phi) is 70.1. The van der Waals surface area contributed by atoms with E-state index < -0.39 is 24.3 Å². The van der Waals surface area contributed by atoms with Gasteiger partial charge in [-0.1, -0.05) is 334 Å². The number of ether oxygens (including phenoxy) is 4. The number of unbranched alkanes of at least 4 members (excludes halogenated alkanes) is 36. The Hall–Kier alpha value is -4.31. The number of aliphatic carboxylic acids is 1. The monoisotopic (exact) mass is 1300 g/mol. The zero-order valence-corrected chi connectivity index (χ0v) is 61.1. The zero-order valence-electron chi connectivity index (χ0n) is 61.1. The van der Waals surface area contributed by atoms with E-state index >= 15 is 0 Å². The summed E-state index contributed by atoms with van der Waals surface area (Å²) < 4.78 is 22.8. The average Bonchev–Trinajstić information content (AvgIpc) is 3.74. The zero-order chi connectivity index (χ0) is 67.5. The van der Waals surface area contributed by atoms with Crippen molar-refractivity contribution < 1.29 is 42.9 Å². The number of carboxylic acids is 1. The van der Waals surface area contributed by atoms with Gasteiger partial charge in [-0.05, 0) is 109 Å². The highest BCUT2D eigenvalue weighted by atomic mass is 16.7. The maximum absolute atomic E-state index is 13.0. The van der Waals surface area contributed by atoms with Crippen LogP contribution in [0.25, 0.3) is 0 Å². The molecule has 0 aromatic carbocycles. The molecule has 0 amide bonds. The molecule has 0 spiro atoms. The highest BCUT2D eigenvalue weighted by Gasteiger charge is 2.22. The van der Waals surface area contributed by atoms with E-state index in [1.54, 1.807) is 0 Å². The summed E-state index contributed by atoms with van der Waals surface area (Å²) in [6.45, 7) is 4.65. The first-order valence-corrected chi connectivity index (χ1v) is 38.7. The number of esters is 2. The van der Waals surface area contributed by atoms with Crippen LogP contribution in [0.3, 0.4) is 0 Å². The summed E-state index contributed by atoms with van der Waals surface area (Å²) in [5, 5.41) is 11.9. The van der Waals surface area contributed by atoms with Gasteiger partial charge < -0.3 is 33.3 Å². The Bertz CT molecular complexity index is 1950. The minimum absolute atomic E-state index is 0.143. The molecule has 0 saturated heterocycles. The van der Waals surface area contributed by atoms with Crippen LogP contribution < -0.4 is 5.11 Å². The Balaban J connectivity index is 4.08. The van der Waals surface area contributed by atoms with Crippen molar-refractivity contribution in [2.45, 2.75) is 347 Å². The lowest BCUT2D eigenvalue weighted by Crippen LogP contribution is -2.44. The summed E-state index contributed by atoms with van der Waals surface area (Å²) in [6, 6.07) is 0. The van der Waals surface area contributed by atoms with Gasteiger partial charge in [0.05, 0.1) is 40.3 Å². The number of rotatable bonds is 71. The number of carboxylic acid groups (broad SMARTS) is 1. The molecule has 534 valence electrons. The van der Waals surface area contributed by atoms with Crippen molar-refractivity contribution in [3.63, 3.8) is 0 Å². The molecular weight excluding hydrogens is 1150 g/mol. The van der Waals surface area contributed by atoms with E-state index in [0.29, 0.717) is 17.4 Å². The predicted octanol–water partition coefficient (Wildman–Crippen LogP) is 23.4. The fourth-order valence-corrected chi connectivity index (χ4v) is 10.8. The van der Waals surface area contributed by atoms with Gasteiger partial charge in [0.1, 0.15) is 13.2 Å². The van der Waals surface area contributed by atoms with Crippen molar-refractivity contribution in [2.75, 3.05) is 47.5 Å². The molecule has 0 bridgehead atoms. The molecule has 0 aliphatic rings. The maximum atomic E-state index is 13.0. The second kappa shape index (κ2) is 73.5. The number of likely N-dealkylation sites (N-methyl/N-ethyl adjacent to an activating group) is 1. The largest absolute Gasteiger partial charge is 0.545 e. The minimum Gasteiger partial charge on any atom is -0.545 e. The van der Waals surface area contributed by atoms with Crippen molar-refractivity contribution in [3.05, 3.63) is 122 Å². The van der Waals surface area contributed by atoms with Crippen molar-refractivity contribution in [2.24, 2.45) is 0 Å². The second-order valence-corrected chi connectivity index (χ2v) is 26.9. The van der Waals surface area contributed by atoms with Crippen molar-refractivity contribution in [1.82, 2.24) is 0 Å². The van der Waals surface area contributed by atoms with Crippen LogP contribution in [0.15, 0.2) is 122 Å². The molecule has 0 aliphatic heterocycles. The second-order valence-electron chi connectivity index (χ2n) is 26.9. The number of carbonyl (C=O) groups excluding carboxylic acids is 3. The Morgan fingerprint density at radius 3 is 0.914 bits per heavy atom. The van der Waals surface area contributed by atoms with Crippen molar-refractivity contribution in [1.29, 1.82) is 0 Å². The van der Waals surface area contributed by atoms with E-state index in [9.17, 15) is 19.5 Å². The van der Waals surface area contributed by atoms with Crippen molar-refractivity contribution in [3.8, 4) is 0 Å². The quantitative estimate of drug-likeness (QED) is 0.0195. The summed E-state index contributed by atoms with van der Waals surface area (Å²) in [7, 11) is 5.93. The van der Waals surface area contributed by atoms with Gasteiger partial charge in [-0.25, -0.2) is 0 Å². The third-order valence-corrected chi connectivity index (χ3v) is 16.7. The molecule has 2 atom stereocenters. The summed E-state index contributed by atoms with van der Waals surface area (Å²) in [6.07, 6.45) is 102. The number of carbonyl (C=O) groups is 3. The average molecular weight is 1300 g/mol. The summed E-state index contributed by atoms with van der Waals surface area (Å²) in [5.74, 6) is -2.28. The van der Waals surface area contributed by atoms with Crippen LogP contribution in [0.4, 0.5) is 0 Å². The molecule has 0 aromatic rings. The fourth-order valence-electron chi connectivity index (χ4n) is 10.8. The predicted molar refractivity (Wildman–Crippen MR) is 398 cm³/mol. The molecule has 93 heavy (non-hydrogen) atoms. The van der Waals surface area contributed by atoms with Gasteiger partial charge in [0.2, 0.25) is 0 Å². The van der Waals surface area contributed by atoms with Crippen LogP contribution in [0, 0.1) is 0 Å². The van der Waals surface area contributed by atoms with Gasteiger partial charge >= 0.3 is 11.9 Å². The first-order chi connectivity index (χ1) is 45.6. The number of nitrogens with zero attached hydrogens (tertiary/aromatic N) is 1. The Morgan fingerprint density at radius 1 is 0.333 bits per heavy atom. The van der Waals surface area contributed by atoms with Crippen LogP contribution >= 0.6 is 0 Å². The smallest absolute Gasteiger partial charge is 0.306 e. The molecule has 9 heteroatoms. The van der Waals surface area contributed by atoms with Gasteiger partial charge in [-0.15, -0.1) is 0 Å². The Morgan fingerprint density at radius 2 is 0.613 bits per heavy atom. The molecular formula is C84H145NO8. The molecule has 0 rings (SSSR count). The van der Waals surface area contributed by atoms with Gasteiger partial charge in [-0.2, -0.15) is 0 Å². The topological polar surface area (TPSA) is 111 Å². The van der Waals surface area contributed by atoms with E-state index in [1.165, 1.54) is 199 Å². The lowest BCUT2D eigenvalue weighted by Gasteiger charge is -2.26. The third-order valence-electron chi connectivity index (χ3n) is 16.7. The van der Waals surface area contributed by atoms with Crippen LogP contribution in [-0.2, 0) is 33.3 Å². The number of hydrogen-bond acceptors (Lipinski definition) is 8. The normalized spacial score (nSPS) is 13.3. The van der Waals surface area contributed by atoms with Gasteiger partial charge in [0, 0.05) is 12.8 Å². The summed E-state index contributed by atoms with van der Waals surface area (Å²) in [5.41, 5.74) is 0. The van der Waals surface area contributed by atoms with Gasteiger partial charge in [0.25, 0.3) is 0 Å². The highest BCUT2D eigenvalue weighted by molar-refractivity contribution is 5.70. The molecule has 0 saturated carbocycles. The standard InChI is InChI=1S/C84H145NO8/c1-6-8-10-12-14-16-18-20-22-24-26-28-30-32-34-36-38-40-41-43-45-47-49-51-53-55-57-59-61-63-65-67-69-71-73-75-82(87)93-80(79-92-84(83(88)89)90-77-76-85(3,4)5)78-91-81(86)74-72-70-68-66-64-62-60-58-56-54-52-50-48-46-44-42-39-37-35-33-31-29-27-25-23-21-19-17-15-13-11-9-7-2/h8,10,14,16,19-22,25-28,32,34,38,40,43,45,49,51,80,84H,6-7,9,11-13,15,17-18,23-24,29-31,33,35-37,39,41-42,44,46-48,50,52-79H2,1-5H3/b10-8-,16-14-,21-19-,22-20-,27-25-,28-26-,34-32-,40-38-,45-43-,51-49-. The van der Waals surface area contributed by atoms with E-state index in [0.717, 1.165) is 103 Å². The van der Waals surface area contributed by atoms with E-state index in [-0.39, 0.29) is 38.6 Å². The van der Waals surface area contributed by atoms with Gasteiger partial charge in [0.15, 0.2) is 12.4 Å². The molecule has 0 aromatic heterocycles. The Labute approximate surface area is 574 Å². The SMILES string of the molecule is CC/C=C\C/C=C\C/C=C\C/C=C\C/C=C\C/C=C\C/C=C\C/C=C\CCCCCCCCCCCCC(=O)OC(COC(=O)CCCCCCCCCCCCCCCCCCCCCCC/C=C\C/C=C\CCCCCCC)COC(OCC[N+](C)(C)C)C(=O)[O-]. The lowest BCUT2D eigenvalue weighted by atomic mass is 10.0. The third kappa shape index (κ3) is 74.9. The molecule has 0 N–H and O–H groups in total. The number of quaternary nitrogens is 1. The lowest BCUT2D eigenvalue weighted by molar-refractivity contribution is -0.870. The van der Waals surface area contributed by atoms with E-state index in [2.05, 4.69) is 135 Å². The molecule has 0 radical (unpaired) electrons. The maximum Gasteiger partial charge on any atom is 0.306 e. The van der Waals surface area contributed by atoms with Crippen molar-refractivity contribution >= 4 is 17.9 Å². The highest BCUT2D eigenvalue weighted by Crippen LogP contribution is 2.18. The molecule has 0 fully saturated rings. The molecule has 0 heterocycles. The first kappa shape index (κ1) is 88.7. The number of hydrogen-bond donors (Lipinski definition) is 0. The fraction of sp³-hybridized carbons (Fsp3) is 0.726. The minimum atomic E-state index is -1.63. The molecule has 2 unspecified atom stereocenters.